The molecule has 220 valence electrons. The number of nitrogens with two attached hydrogens (primary N) is 1. The predicted molar refractivity (Wildman–Crippen MR) is 156 cm³/mol. The van der Waals surface area contributed by atoms with E-state index in [2.05, 4.69) is 5.16 Å². The molecule has 0 saturated carbocycles. The number of oxime groups is 1. The van der Waals surface area contributed by atoms with Crippen LogP contribution in [0.15, 0.2) is 35.5 Å². The number of allylic oxidation sites excluding steroid dienone is 1. The third-order valence-corrected chi connectivity index (χ3v) is 7.16. The van der Waals surface area contributed by atoms with Crippen molar-refractivity contribution >= 4 is 17.6 Å². The number of hydrogen-bond acceptors (Lipinski definition) is 8. The van der Waals surface area contributed by atoms with Gasteiger partial charge in [0, 0.05) is 26.1 Å². The Morgan fingerprint density at radius 3 is 2.80 bits per heavy atom. The van der Waals surface area contributed by atoms with Crippen LogP contribution in [0.3, 0.4) is 0 Å². The van der Waals surface area contributed by atoms with E-state index in [1.54, 1.807) is 13.0 Å². The van der Waals surface area contributed by atoms with Crippen LogP contribution in [0.4, 0.5) is 0 Å². The van der Waals surface area contributed by atoms with Crippen LogP contribution in [0.25, 0.3) is 0 Å². The normalized spacial score (nSPS) is 21.3. The third-order valence-electron chi connectivity index (χ3n) is 7.16. The molecule has 2 aliphatic rings. The highest BCUT2D eigenvalue weighted by molar-refractivity contribution is 6.00. The highest BCUT2D eigenvalue weighted by Gasteiger charge is 2.23. The number of esters is 1. The highest BCUT2D eigenvalue weighted by atomic mass is 16.6. The van der Waals surface area contributed by atoms with Gasteiger partial charge in [0.05, 0.1) is 24.0 Å². The first-order chi connectivity index (χ1) is 19.4. The molecule has 0 radical (unpaired) electrons. The molecule has 1 fully saturated rings. The molecule has 1 atom stereocenters. The summed E-state index contributed by atoms with van der Waals surface area (Å²) >= 11 is 0. The molecule has 3 N–H and O–H groups in total. The van der Waals surface area contributed by atoms with Gasteiger partial charge in [-0.25, -0.2) is 4.79 Å². The fourth-order valence-corrected chi connectivity index (χ4v) is 4.93. The van der Waals surface area contributed by atoms with Crippen molar-refractivity contribution in [1.82, 2.24) is 4.90 Å². The minimum Gasteiger partial charge on any atom is -0.508 e. The minimum atomic E-state index is -0.424. The molecule has 0 aromatic heterocycles. The van der Waals surface area contributed by atoms with Crippen molar-refractivity contribution in [1.29, 1.82) is 0 Å². The molecular weight excluding hydrogens is 510 g/mol. The summed E-state index contributed by atoms with van der Waals surface area (Å²) in [6.07, 6.45) is 14.3. The van der Waals surface area contributed by atoms with Crippen LogP contribution in [0, 0.1) is 6.92 Å². The number of cyclic esters (lactones) is 1. The topological polar surface area (TPSA) is 124 Å². The number of rotatable bonds is 9. The van der Waals surface area contributed by atoms with Gasteiger partial charge in [-0.2, -0.15) is 0 Å². The molecule has 1 aromatic rings. The second-order valence-corrected chi connectivity index (χ2v) is 10.3. The van der Waals surface area contributed by atoms with E-state index in [4.69, 9.17) is 20.0 Å². The lowest BCUT2D eigenvalue weighted by atomic mass is 9.90. The van der Waals surface area contributed by atoms with Gasteiger partial charge in [0.25, 0.3) is 5.91 Å². The second kappa shape index (κ2) is 16.8. The zero-order chi connectivity index (χ0) is 28.7. The Hall–Kier alpha value is -3.17. The molecule has 2 aliphatic heterocycles. The van der Waals surface area contributed by atoms with Gasteiger partial charge in [0.1, 0.15) is 5.75 Å². The van der Waals surface area contributed by atoms with Crippen LogP contribution in [0.5, 0.6) is 5.75 Å². The Balaban J connectivity index is 1.93. The van der Waals surface area contributed by atoms with Crippen molar-refractivity contribution in [3.8, 4) is 5.75 Å². The Kier molecular flexibility index (Phi) is 13.2. The van der Waals surface area contributed by atoms with Crippen molar-refractivity contribution in [3.63, 3.8) is 0 Å². The van der Waals surface area contributed by atoms with Crippen LogP contribution in [-0.2, 0) is 31.9 Å². The number of aryl methyl sites for hydroxylation is 1. The van der Waals surface area contributed by atoms with Gasteiger partial charge in [-0.1, -0.05) is 36.7 Å². The predicted octanol–water partition coefficient (Wildman–Crippen LogP) is 4.38. The molecule has 1 amide bonds. The van der Waals surface area contributed by atoms with E-state index in [9.17, 15) is 14.7 Å². The van der Waals surface area contributed by atoms with Gasteiger partial charge in [-0.15, -0.1) is 0 Å². The second-order valence-electron chi connectivity index (χ2n) is 10.3. The SMILES string of the molecule is CCCc1cc(O)c(C)c2c1C(=O)OCC/C=C/C(OCCCN)C/C=C/C(=N\OCC(=O)N1CCCCC1)C2. The van der Waals surface area contributed by atoms with Gasteiger partial charge in [0.15, 0.2) is 6.61 Å². The highest BCUT2D eigenvalue weighted by Crippen LogP contribution is 2.30. The third kappa shape index (κ3) is 9.48. The number of fused-ring (bicyclic) bond motifs is 1. The summed E-state index contributed by atoms with van der Waals surface area (Å²) < 4.78 is 11.6. The lowest BCUT2D eigenvalue weighted by Crippen LogP contribution is -2.37. The molecule has 2 heterocycles. The number of likely N-dealkylation sites (tertiary alicyclic amines) is 1. The van der Waals surface area contributed by atoms with E-state index in [1.165, 1.54) is 0 Å². The number of hydrogen-bond donors (Lipinski definition) is 2. The van der Waals surface area contributed by atoms with Crippen molar-refractivity contribution in [3.05, 3.63) is 52.6 Å². The number of piperidine rings is 1. The summed E-state index contributed by atoms with van der Waals surface area (Å²) in [6.45, 7) is 6.47. The lowest BCUT2D eigenvalue weighted by molar-refractivity contribution is -0.137. The monoisotopic (exact) mass is 555 g/mol. The van der Waals surface area contributed by atoms with Gasteiger partial charge in [0.2, 0.25) is 0 Å². The number of nitrogens with zero attached hydrogens (tertiary/aromatic N) is 2. The van der Waals surface area contributed by atoms with E-state index in [1.807, 2.05) is 36.1 Å². The van der Waals surface area contributed by atoms with Gasteiger partial charge in [-0.3, -0.25) is 4.79 Å². The molecule has 1 saturated heterocycles. The number of carbonyl (C=O) groups is 2. The summed E-state index contributed by atoms with van der Waals surface area (Å²) in [5, 5.41) is 15.1. The molecule has 0 aliphatic carbocycles. The largest absolute Gasteiger partial charge is 0.508 e. The van der Waals surface area contributed by atoms with Crippen LogP contribution in [0.2, 0.25) is 0 Å². The van der Waals surface area contributed by atoms with Crippen LogP contribution >= 0.6 is 0 Å². The maximum Gasteiger partial charge on any atom is 0.338 e. The molecule has 0 bridgehead atoms. The zero-order valence-electron chi connectivity index (χ0n) is 24.0. The maximum atomic E-state index is 13.4. The quantitative estimate of drug-likeness (QED) is 0.201. The molecule has 3 rings (SSSR count). The van der Waals surface area contributed by atoms with E-state index in [-0.39, 0.29) is 37.4 Å². The average molecular weight is 556 g/mol. The number of phenols is 1. The first-order valence-electron chi connectivity index (χ1n) is 14.6. The molecule has 40 heavy (non-hydrogen) atoms. The van der Waals surface area contributed by atoms with Crippen LogP contribution in [-0.4, -0.2) is 73.2 Å². The van der Waals surface area contributed by atoms with Crippen LogP contribution < -0.4 is 5.73 Å². The van der Waals surface area contributed by atoms with Crippen molar-refractivity contribution in [2.24, 2.45) is 10.9 Å². The minimum absolute atomic E-state index is 0.0875. The lowest BCUT2D eigenvalue weighted by Gasteiger charge is -2.26. The zero-order valence-corrected chi connectivity index (χ0v) is 24.0. The number of carbonyl (C=O) groups excluding carboxylic acids is 2. The van der Waals surface area contributed by atoms with Crippen LogP contribution in [0.1, 0.15) is 78.9 Å². The Bertz CT molecular complexity index is 1080. The smallest absolute Gasteiger partial charge is 0.338 e. The number of aromatic hydroxyl groups is 1. The van der Waals surface area contributed by atoms with E-state index in [0.717, 1.165) is 50.8 Å². The standard InChI is InChI=1S/C31H45N3O6/c1-3-11-24-20-28(35)23(2)27-21-25(33-40-22-29(36)34-16-6-4-7-17-34)12-9-14-26(38-19-10-15-32)13-5-8-18-39-31(37)30(24)27/h5,9,12-13,20,26,35H,3-4,6-8,10-11,14-19,21-22,32H2,1-2H3/b12-9+,13-5+,33-25+. The van der Waals surface area contributed by atoms with Gasteiger partial charge < -0.3 is 30.1 Å². The number of phenolic OH excluding ortho intramolecular Hbond substituents is 1. The number of benzene rings is 1. The van der Waals surface area contributed by atoms with E-state index >= 15 is 0 Å². The number of ether oxygens (including phenoxy) is 2. The van der Waals surface area contributed by atoms with Crippen molar-refractivity contribution in [2.45, 2.75) is 77.7 Å². The molecule has 1 aromatic carbocycles. The van der Waals surface area contributed by atoms with E-state index < -0.39 is 5.97 Å². The van der Waals surface area contributed by atoms with E-state index in [0.29, 0.717) is 54.8 Å². The molecule has 1 unspecified atom stereocenters. The van der Waals surface area contributed by atoms with Crippen molar-refractivity contribution in [2.75, 3.05) is 39.5 Å². The Morgan fingerprint density at radius 2 is 2.05 bits per heavy atom. The maximum absolute atomic E-state index is 13.4. The summed E-state index contributed by atoms with van der Waals surface area (Å²) in [5.74, 6) is -0.389. The molecule has 0 spiro atoms. The summed E-state index contributed by atoms with van der Waals surface area (Å²) in [4.78, 5) is 33.4. The van der Waals surface area contributed by atoms with Gasteiger partial charge >= 0.3 is 5.97 Å². The fourth-order valence-electron chi connectivity index (χ4n) is 4.93. The summed E-state index contributed by atoms with van der Waals surface area (Å²) in [7, 11) is 0. The first-order valence-corrected chi connectivity index (χ1v) is 14.6. The van der Waals surface area contributed by atoms with Crippen molar-refractivity contribution < 1.29 is 29.0 Å². The van der Waals surface area contributed by atoms with Gasteiger partial charge in [-0.05, 0) is 87.2 Å². The molecule has 9 nitrogen and oxygen atoms in total. The summed E-state index contributed by atoms with van der Waals surface area (Å²) in [6, 6.07) is 1.66. The molecule has 9 heteroatoms. The first kappa shape index (κ1) is 31.4. The average Bonchev–Trinajstić information content (AvgIpc) is 2.95. The molecular formula is C31H45N3O6. The fraction of sp³-hybridized carbons (Fsp3) is 0.581. The Morgan fingerprint density at radius 1 is 1.25 bits per heavy atom. The number of amides is 1. The summed E-state index contributed by atoms with van der Waals surface area (Å²) in [5.41, 5.74) is 8.59. The Labute approximate surface area is 238 Å².